The topological polar surface area (TPSA) is 43.4 Å². The van der Waals surface area contributed by atoms with Crippen molar-refractivity contribution in [1.82, 2.24) is 0 Å². The lowest BCUT2D eigenvalue weighted by molar-refractivity contribution is -0.140. The van der Waals surface area contributed by atoms with Crippen molar-refractivity contribution in [2.24, 2.45) is 5.92 Å². The fraction of sp³-hybridized carbons (Fsp3) is 0.714. The molecule has 0 radical (unpaired) electrons. The van der Waals surface area contributed by atoms with Gasteiger partial charge in [-0.3, -0.25) is 9.59 Å². The lowest BCUT2D eigenvalue weighted by Gasteiger charge is -2.00. The molecule has 62 valence electrons. The molecule has 0 aromatic carbocycles. The summed E-state index contributed by atoms with van der Waals surface area (Å²) in [6, 6.07) is 0. The second-order valence-electron chi connectivity index (χ2n) is 2.46. The summed E-state index contributed by atoms with van der Waals surface area (Å²) in [5.74, 6) is 0.372. The van der Waals surface area contributed by atoms with Crippen LogP contribution in [0, 0.1) is 5.92 Å². The summed E-state index contributed by atoms with van der Waals surface area (Å²) in [6.45, 7) is 2.02. The smallest absolute Gasteiger partial charge is 0.309 e. The second kappa shape index (κ2) is 3.76. The molecule has 0 aromatic heterocycles. The molecule has 0 amide bonds. The van der Waals surface area contributed by atoms with Crippen LogP contribution in [-0.2, 0) is 14.3 Å². The number of hydrogen-bond acceptors (Lipinski definition) is 4. The van der Waals surface area contributed by atoms with Crippen LogP contribution in [0.15, 0.2) is 0 Å². The number of cyclic esters (lactones) is 1. The van der Waals surface area contributed by atoms with Gasteiger partial charge in [-0.2, -0.15) is 0 Å². The minimum atomic E-state index is -0.154. The van der Waals surface area contributed by atoms with Crippen molar-refractivity contribution in [1.29, 1.82) is 0 Å². The average molecular weight is 174 g/mol. The highest BCUT2D eigenvalue weighted by atomic mass is 32.2. The Kier molecular flexibility index (Phi) is 2.93. The highest BCUT2D eigenvalue weighted by Crippen LogP contribution is 2.19. The van der Waals surface area contributed by atoms with E-state index in [1.54, 1.807) is 0 Å². The van der Waals surface area contributed by atoms with Crippen LogP contribution in [0.3, 0.4) is 0 Å². The number of ether oxygens (including phenoxy) is 1. The van der Waals surface area contributed by atoms with Crippen LogP contribution in [0.1, 0.15) is 13.3 Å². The van der Waals surface area contributed by atoms with E-state index in [2.05, 4.69) is 0 Å². The standard InChI is InChI=1S/C7H10O3S/c1-5(8)11-4-6-2-3-10-7(6)9/h6H,2-4H2,1H3. The molecule has 1 rings (SSSR count). The summed E-state index contributed by atoms with van der Waals surface area (Å²) >= 11 is 1.19. The van der Waals surface area contributed by atoms with Gasteiger partial charge in [0.25, 0.3) is 0 Å². The Hall–Kier alpha value is -0.510. The summed E-state index contributed by atoms with van der Waals surface area (Å²) in [6.07, 6.45) is 0.763. The zero-order valence-electron chi connectivity index (χ0n) is 6.33. The van der Waals surface area contributed by atoms with Gasteiger partial charge in [0.15, 0.2) is 5.12 Å². The fourth-order valence-electron chi connectivity index (χ4n) is 0.907. The monoisotopic (exact) mass is 174 g/mol. The van der Waals surface area contributed by atoms with Gasteiger partial charge in [0.1, 0.15) is 0 Å². The van der Waals surface area contributed by atoms with Crippen molar-refractivity contribution in [3.63, 3.8) is 0 Å². The number of hydrogen-bond donors (Lipinski definition) is 0. The first-order valence-electron chi connectivity index (χ1n) is 3.50. The third-order valence-electron chi connectivity index (χ3n) is 1.53. The predicted octanol–water partition coefficient (Wildman–Crippen LogP) is 0.829. The number of thioether (sulfide) groups is 1. The zero-order chi connectivity index (χ0) is 8.27. The molecular weight excluding hydrogens is 164 g/mol. The SMILES string of the molecule is CC(=O)SCC1CCOC1=O. The molecule has 0 bridgehead atoms. The first-order valence-corrected chi connectivity index (χ1v) is 4.48. The molecular formula is C7H10O3S. The van der Waals surface area contributed by atoms with Crippen molar-refractivity contribution in [3.05, 3.63) is 0 Å². The largest absolute Gasteiger partial charge is 0.465 e. The van der Waals surface area contributed by atoms with E-state index in [-0.39, 0.29) is 17.0 Å². The molecule has 1 saturated heterocycles. The van der Waals surface area contributed by atoms with Crippen molar-refractivity contribution in [2.75, 3.05) is 12.4 Å². The Labute approximate surface area is 69.5 Å². The van der Waals surface area contributed by atoms with Gasteiger partial charge in [-0.05, 0) is 6.42 Å². The Morgan fingerprint density at radius 2 is 2.55 bits per heavy atom. The predicted molar refractivity (Wildman–Crippen MR) is 42.2 cm³/mol. The van der Waals surface area contributed by atoms with E-state index in [1.165, 1.54) is 18.7 Å². The quantitative estimate of drug-likeness (QED) is 0.581. The average Bonchev–Trinajstić information content (AvgIpc) is 2.31. The molecule has 4 heteroatoms. The fourth-order valence-corrected chi connectivity index (χ4v) is 1.65. The molecule has 0 aliphatic carbocycles. The summed E-state index contributed by atoms with van der Waals surface area (Å²) in [5.41, 5.74) is 0. The number of carbonyl (C=O) groups excluding carboxylic acids is 2. The van der Waals surface area contributed by atoms with Crippen LogP contribution in [0.4, 0.5) is 0 Å². The first kappa shape index (κ1) is 8.59. The third-order valence-corrected chi connectivity index (χ3v) is 2.51. The van der Waals surface area contributed by atoms with E-state index in [0.717, 1.165) is 6.42 Å². The summed E-state index contributed by atoms with van der Waals surface area (Å²) in [7, 11) is 0. The van der Waals surface area contributed by atoms with Crippen molar-refractivity contribution < 1.29 is 14.3 Å². The third kappa shape index (κ3) is 2.54. The summed E-state index contributed by atoms with van der Waals surface area (Å²) in [5, 5.41) is 0.0599. The Morgan fingerprint density at radius 1 is 1.82 bits per heavy atom. The normalized spacial score (nSPS) is 23.4. The van der Waals surface area contributed by atoms with Gasteiger partial charge >= 0.3 is 5.97 Å². The highest BCUT2D eigenvalue weighted by Gasteiger charge is 2.26. The second-order valence-corrected chi connectivity index (χ2v) is 3.65. The molecule has 1 fully saturated rings. The zero-order valence-corrected chi connectivity index (χ0v) is 7.15. The molecule has 1 aliphatic rings. The minimum absolute atomic E-state index is 0.0519. The first-order chi connectivity index (χ1) is 5.20. The highest BCUT2D eigenvalue weighted by molar-refractivity contribution is 8.13. The Bertz CT molecular complexity index is 179. The van der Waals surface area contributed by atoms with Gasteiger partial charge in [-0.25, -0.2) is 0 Å². The molecule has 1 unspecified atom stereocenters. The maximum absolute atomic E-state index is 10.8. The summed E-state index contributed by atoms with van der Waals surface area (Å²) in [4.78, 5) is 21.4. The maximum Gasteiger partial charge on any atom is 0.309 e. The van der Waals surface area contributed by atoms with Crippen LogP contribution >= 0.6 is 11.8 Å². The van der Waals surface area contributed by atoms with E-state index >= 15 is 0 Å². The van der Waals surface area contributed by atoms with Gasteiger partial charge in [-0.15, -0.1) is 0 Å². The molecule has 0 spiro atoms. The van der Waals surface area contributed by atoms with Crippen molar-refractivity contribution in [2.45, 2.75) is 13.3 Å². The van der Waals surface area contributed by atoms with E-state index < -0.39 is 0 Å². The molecule has 1 heterocycles. The van der Waals surface area contributed by atoms with E-state index in [9.17, 15) is 9.59 Å². The summed E-state index contributed by atoms with van der Waals surface area (Å²) < 4.78 is 4.73. The molecule has 3 nitrogen and oxygen atoms in total. The lowest BCUT2D eigenvalue weighted by atomic mass is 10.1. The van der Waals surface area contributed by atoms with Gasteiger partial charge in [0.2, 0.25) is 0 Å². The van der Waals surface area contributed by atoms with Gasteiger partial charge in [0.05, 0.1) is 12.5 Å². The van der Waals surface area contributed by atoms with Crippen molar-refractivity contribution >= 4 is 22.8 Å². The Balaban J connectivity index is 2.26. The van der Waals surface area contributed by atoms with Crippen LogP contribution in [0.5, 0.6) is 0 Å². The van der Waals surface area contributed by atoms with Crippen molar-refractivity contribution in [3.8, 4) is 0 Å². The van der Waals surface area contributed by atoms with Gasteiger partial charge in [0, 0.05) is 12.7 Å². The van der Waals surface area contributed by atoms with Crippen LogP contribution in [0.25, 0.3) is 0 Å². The molecule has 1 atom stereocenters. The molecule has 1 aliphatic heterocycles. The van der Waals surface area contributed by atoms with Crippen LogP contribution in [0.2, 0.25) is 0 Å². The molecule has 11 heavy (non-hydrogen) atoms. The van der Waals surface area contributed by atoms with E-state index in [1.807, 2.05) is 0 Å². The number of esters is 1. The minimum Gasteiger partial charge on any atom is -0.465 e. The molecule has 0 aromatic rings. The Morgan fingerprint density at radius 3 is 3.00 bits per heavy atom. The lowest BCUT2D eigenvalue weighted by Crippen LogP contribution is -2.10. The van der Waals surface area contributed by atoms with Gasteiger partial charge < -0.3 is 4.74 Å². The van der Waals surface area contributed by atoms with Crippen LogP contribution in [-0.4, -0.2) is 23.4 Å². The molecule has 0 saturated carbocycles. The maximum atomic E-state index is 10.8. The number of carbonyl (C=O) groups is 2. The number of rotatable bonds is 2. The van der Waals surface area contributed by atoms with Crippen LogP contribution < -0.4 is 0 Å². The molecule has 0 N–H and O–H groups in total. The van der Waals surface area contributed by atoms with Gasteiger partial charge in [-0.1, -0.05) is 11.8 Å². The van der Waals surface area contributed by atoms with E-state index in [0.29, 0.717) is 12.4 Å². The van der Waals surface area contributed by atoms with E-state index in [4.69, 9.17) is 4.74 Å².